The lowest BCUT2D eigenvalue weighted by atomic mass is 10.1. The number of hydrogen-bond donors (Lipinski definition) is 1. The third-order valence-corrected chi connectivity index (χ3v) is 7.73. The molecule has 0 saturated heterocycles. The van der Waals surface area contributed by atoms with Crippen molar-refractivity contribution in [2.24, 2.45) is 0 Å². The maximum absolute atomic E-state index is 13.3. The summed E-state index contributed by atoms with van der Waals surface area (Å²) in [6.45, 7) is 2.53. The van der Waals surface area contributed by atoms with Crippen molar-refractivity contribution in [2.75, 3.05) is 4.31 Å². The van der Waals surface area contributed by atoms with Crippen LogP contribution in [0, 0.1) is 6.92 Å². The number of thiophene rings is 1. The van der Waals surface area contributed by atoms with Gasteiger partial charge in [-0.05, 0) is 41.6 Å². The van der Waals surface area contributed by atoms with Gasteiger partial charge < -0.3 is 5.32 Å². The second kappa shape index (κ2) is 8.26. The Morgan fingerprint density at radius 1 is 1.03 bits per heavy atom. The van der Waals surface area contributed by atoms with E-state index in [1.54, 1.807) is 35.7 Å². The van der Waals surface area contributed by atoms with Crippen LogP contribution in [0.15, 0.2) is 71.1 Å². The summed E-state index contributed by atoms with van der Waals surface area (Å²) in [5.74, 6) is -0.483. The zero-order valence-corrected chi connectivity index (χ0v) is 18.5. The monoisotopic (exact) mass is 458 g/mol. The van der Waals surface area contributed by atoms with Crippen LogP contribution in [0.4, 0.5) is 5.69 Å². The number of rotatable bonds is 5. The molecule has 0 fully saturated rings. The fraction of sp³-hybridized carbons (Fsp3) is 0.136. The molecule has 1 aromatic heterocycles. The third-order valence-electron chi connectivity index (χ3n) is 4.81. The number of carbonyl (C=O) groups is 1. The van der Waals surface area contributed by atoms with E-state index >= 15 is 0 Å². The number of benzene rings is 2. The zero-order valence-electron chi connectivity index (χ0n) is 16.1. The second-order valence-electron chi connectivity index (χ2n) is 6.98. The minimum atomic E-state index is -4.01. The van der Waals surface area contributed by atoms with Crippen molar-refractivity contribution in [2.45, 2.75) is 20.0 Å². The molecule has 0 unspecified atom stereocenters. The van der Waals surface area contributed by atoms with Crippen molar-refractivity contribution < 1.29 is 13.2 Å². The first-order valence-corrected chi connectivity index (χ1v) is 11.9. The minimum Gasteiger partial charge on any atom is -0.386 e. The summed E-state index contributed by atoms with van der Waals surface area (Å²) in [7, 11) is -4.01. The summed E-state index contributed by atoms with van der Waals surface area (Å²) in [4.78, 5) is 13.1. The molecule has 3 aromatic rings. The number of ketones is 1. The Balaban J connectivity index is 1.65. The maximum Gasteiger partial charge on any atom is 0.270 e. The van der Waals surface area contributed by atoms with E-state index in [1.807, 2.05) is 31.2 Å². The smallest absolute Gasteiger partial charge is 0.270 e. The van der Waals surface area contributed by atoms with Crippen molar-refractivity contribution >= 4 is 44.4 Å². The number of sulfonamides is 1. The first kappa shape index (κ1) is 20.7. The van der Waals surface area contributed by atoms with Crippen molar-refractivity contribution in [3.8, 4) is 0 Å². The van der Waals surface area contributed by atoms with E-state index in [0.717, 1.165) is 16.7 Å². The molecule has 0 spiro atoms. The number of carbonyl (C=O) groups excluding carboxylic acids is 1. The molecule has 2 aromatic carbocycles. The van der Waals surface area contributed by atoms with Gasteiger partial charge in [0.1, 0.15) is 4.88 Å². The Labute approximate surface area is 184 Å². The first-order valence-electron chi connectivity index (χ1n) is 9.25. The van der Waals surface area contributed by atoms with Gasteiger partial charge in [0.2, 0.25) is 5.78 Å². The molecular formula is C22H19ClN2O3S2. The SMILES string of the molecule is Cc1ccc(CNC=C2C(=O)c3sccc3N(Cc3ccc(Cl)cc3)S2(=O)=O)cc1. The van der Waals surface area contributed by atoms with Gasteiger partial charge in [-0.3, -0.25) is 9.10 Å². The summed E-state index contributed by atoms with van der Waals surface area (Å²) in [5.41, 5.74) is 3.33. The van der Waals surface area contributed by atoms with Gasteiger partial charge in [0.05, 0.1) is 12.2 Å². The predicted molar refractivity (Wildman–Crippen MR) is 121 cm³/mol. The molecule has 0 saturated carbocycles. The summed E-state index contributed by atoms with van der Waals surface area (Å²) < 4.78 is 27.9. The molecule has 2 heterocycles. The molecule has 154 valence electrons. The number of hydrogen-bond acceptors (Lipinski definition) is 5. The molecule has 0 aliphatic carbocycles. The van der Waals surface area contributed by atoms with Crippen LogP contribution < -0.4 is 9.62 Å². The van der Waals surface area contributed by atoms with Crippen molar-refractivity contribution in [3.05, 3.63) is 97.7 Å². The third kappa shape index (κ3) is 4.01. The molecule has 1 N–H and O–H groups in total. The molecule has 8 heteroatoms. The average Bonchev–Trinajstić information content (AvgIpc) is 3.20. The lowest BCUT2D eigenvalue weighted by Crippen LogP contribution is -2.38. The maximum atomic E-state index is 13.3. The van der Waals surface area contributed by atoms with E-state index < -0.39 is 15.8 Å². The summed E-state index contributed by atoms with van der Waals surface area (Å²) in [6.07, 6.45) is 1.31. The topological polar surface area (TPSA) is 66.5 Å². The number of aryl methyl sites for hydroxylation is 1. The van der Waals surface area contributed by atoms with Crippen LogP contribution in [0.2, 0.25) is 5.02 Å². The summed E-state index contributed by atoms with van der Waals surface area (Å²) >= 11 is 7.18. The van der Waals surface area contributed by atoms with Crippen molar-refractivity contribution in [1.29, 1.82) is 0 Å². The Bertz CT molecular complexity index is 1210. The molecule has 1 aliphatic heterocycles. The normalized spacial score (nSPS) is 16.5. The molecule has 0 atom stereocenters. The van der Waals surface area contributed by atoms with Gasteiger partial charge in [-0.2, -0.15) is 0 Å². The van der Waals surface area contributed by atoms with Gasteiger partial charge in [-0.25, -0.2) is 8.42 Å². The number of nitrogens with zero attached hydrogens (tertiary/aromatic N) is 1. The van der Waals surface area contributed by atoms with Crippen LogP contribution in [0.3, 0.4) is 0 Å². The van der Waals surface area contributed by atoms with E-state index in [9.17, 15) is 13.2 Å². The number of anilines is 1. The first-order chi connectivity index (χ1) is 14.4. The number of fused-ring (bicyclic) bond motifs is 1. The van der Waals surface area contributed by atoms with E-state index in [0.29, 0.717) is 22.1 Å². The van der Waals surface area contributed by atoms with Gasteiger partial charge in [-0.15, -0.1) is 11.3 Å². The number of Topliss-reactive ketones (excluding diaryl/α,β-unsaturated/α-hetero) is 1. The van der Waals surface area contributed by atoms with Crippen molar-refractivity contribution in [3.63, 3.8) is 0 Å². The van der Waals surface area contributed by atoms with E-state index in [2.05, 4.69) is 5.32 Å². The lowest BCUT2D eigenvalue weighted by molar-refractivity contribution is 0.104. The molecule has 1 aliphatic rings. The standard InChI is InChI=1S/C22H19ClN2O3S2/c1-15-2-4-16(5-3-15)12-24-13-20-21(26)22-19(10-11-29-22)25(30(20,27)28)14-17-6-8-18(23)9-7-17/h2-11,13,24H,12,14H2,1H3. The Morgan fingerprint density at radius 3 is 2.40 bits per heavy atom. The minimum absolute atomic E-state index is 0.117. The fourth-order valence-electron chi connectivity index (χ4n) is 3.18. The Kier molecular flexibility index (Phi) is 5.69. The number of nitrogens with one attached hydrogen (secondary N) is 1. The van der Waals surface area contributed by atoms with E-state index in [-0.39, 0.29) is 11.4 Å². The Morgan fingerprint density at radius 2 is 1.70 bits per heavy atom. The summed E-state index contributed by atoms with van der Waals surface area (Å²) in [6, 6.07) is 16.5. The van der Waals surface area contributed by atoms with Crippen LogP contribution >= 0.6 is 22.9 Å². The molecule has 0 radical (unpaired) electrons. The van der Waals surface area contributed by atoms with Crippen LogP contribution in [0.1, 0.15) is 26.4 Å². The van der Waals surface area contributed by atoms with Crippen LogP contribution in [-0.4, -0.2) is 14.2 Å². The fourth-order valence-corrected chi connectivity index (χ4v) is 5.81. The number of allylic oxidation sites excluding steroid dienone is 1. The highest BCUT2D eigenvalue weighted by atomic mass is 35.5. The van der Waals surface area contributed by atoms with E-state index in [4.69, 9.17) is 11.6 Å². The van der Waals surface area contributed by atoms with Crippen molar-refractivity contribution in [1.82, 2.24) is 5.32 Å². The zero-order chi connectivity index (χ0) is 21.3. The van der Waals surface area contributed by atoms with Gasteiger partial charge in [-0.1, -0.05) is 53.6 Å². The highest BCUT2D eigenvalue weighted by Gasteiger charge is 2.41. The van der Waals surface area contributed by atoms with Crippen LogP contribution in [0.5, 0.6) is 0 Å². The largest absolute Gasteiger partial charge is 0.386 e. The molecule has 0 amide bonds. The van der Waals surface area contributed by atoms with Gasteiger partial charge in [0, 0.05) is 17.8 Å². The summed E-state index contributed by atoms with van der Waals surface area (Å²) in [5, 5.41) is 5.30. The average molecular weight is 459 g/mol. The second-order valence-corrected chi connectivity index (χ2v) is 10.2. The highest BCUT2D eigenvalue weighted by Crippen LogP contribution is 2.39. The van der Waals surface area contributed by atoms with Gasteiger partial charge in [0.25, 0.3) is 10.0 Å². The Hall–Kier alpha value is -2.61. The highest BCUT2D eigenvalue weighted by molar-refractivity contribution is 7.97. The molecule has 4 rings (SSSR count). The predicted octanol–water partition coefficient (Wildman–Crippen LogP) is 4.87. The van der Waals surface area contributed by atoms with Crippen LogP contribution in [0.25, 0.3) is 0 Å². The molecular weight excluding hydrogens is 440 g/mol. The van der Waals surface area contributed by atoms with Crippen LogP contribution in [-0.2, 0) is 23.1 Å². The quantitative estimate of drug-likeness (QED) is 0.553. The van der Waals surface area contributed by atoms with E-state index in [1.165, 1.54) is 21.8 Å². The molecule has 5 nitrogen and oxygen atoms in total. The van der Waals surface area contributed by atoms with Gasteiger partial charge in [0.15, 0.2) is 4.91 Å². The molecule has 0 bridgehead atoms. The lowest BCUT2D eigenvalue weighted by Gasteiger charge is -2.29. The van der Waals surface area contributed by atoms with Gasteiger partial charge >= 0.3 is 0 Å². The number of halogens is 1. The molecule has 30 heavy (non-hydrogen) atoms.